The van der Waals surface area contributed by atoms with Crippen molar-refractivity contribution < 1.29 is 22.7 Å². The minimum Gasteiger partial charge on any atom is -0.423 e. The van der Waals surface area contributed by atoms with Crippen LogP contribution in [0.1, 0.15) is 21.5 Å². The Morgan fingerprint density at radius 3 is 2.14 bits per heavy atom. The molecule has 0 aliphatic carbocycles. The fourth-order valence-electron chi connectivity index (χ4n) is 1.73. The van der Waals surface area contributed by atoms with Crippen molar-refractivity contribution in [1.82, 2.24) is 0 Å². The molecule has 0 spiro atoms. The van der Waals surface area contributed by atoms with Crippen LogP contribution in [0.5, 0.6) is 5.75 Å². The van der Waals surface area contributed by atoms with E-state index in [-0.39, 0.29) is 17.7 Å². The molecule has 0 aliphatic heterocycles. The first-order valence-electron chi connectivity index (χ1n) is 6.25. The fraction of sp³-hybridized carbons (Fsp3) is 0.125. The minimum absolute atomic E-state index is 0.0223. The molecule has 0 amide bonds. The van der Waals surface area contributed by atoms with Gasteiger partial charge in [-0.3, -0.25) is 0 Å². The zero-order chi connectivity index (χ0) is 16.2. The van der Waals surface area contributed by atoms with Gasteiger partial charge in [0.2, 0.25) is 0 Å². The lowest BCUT2D eigenvalue weighted by Gasteiger charge is -2.08. The van der Waals surface area contributed by atoms with Gasteiger partial charge in [-0.2, -0.15) is 18.4 Å². The Labute approximate surface area is 124 Å². The van der Waals surface area contributed by atoms with Crippen molar-refractivity contribution in [3.8, 4) is 11.8 Å². The number of carbonyl (C=O) groups excluding carboxylic acids is 1. The predicted octanol–water partition coefficient (Wildman–Crippen LogP) is 3.99. The van der Waals surface area contributed by atoms with Gasteiger partial charge in [-0.1, -0.05) is 12.1 Å². The summed E-state index contributed by atoms with van der Waals surface area (Å²) in [5, 5.41) is 8.55. The van der Waals surface area contributed by atoms with E-state index in [1.54, 1.807) is 12.1 Å². The van der Waals surface area contributed by atoms with E-state index in [9.17, 15) is 18.0 Å². The van der Waals surface area contributed by atoms with E-state index in [2.05, 4.69) is 0 Å². The van der Waals surface area contributed by atoms with Crippen LogP contribution in [0, 0.1) is 11.3 Å². The Morgan fingerprint density at radius 2 is 1.64 bits per heavy atom. The number of hydrogen-bond donors (Lipinski definition) is 0. The van der Waals surface area contributed by atoms with Gasteiger partial charge in [0.05, 0.1) is 23.6 Å². The van der Waals surface area contributed by atoms with Crippen LogP contribution < -0.4 is 4.74 Å². The maximum Gasteiger partial charge on any atom is 0.416 e. The summed E-state index contributed by atoms with van der Waals surface area (Å²) in [5.41, 5.74) is -0.0316. The molecule has 0 fully saturated rings. The third-order valence-electron chi connectivity index (χ3n) is 2.87. The second-order valence-corrected chi connectivity index (χ2v) is 4.44. The number of nitriles is 1. The molecule has 0 N–H and O–H groups in total. The summed E-state index contributed by atoms with van der Waals surface area (Å²) in [6.45, 7) is 0. The van der Waals surface area contributed by atoms with Gasteiger partial charge in [-0.25, -0.2) is 4.79 Å². The Balaban J connectivity index is 2.07. The number of hydrogen-bond acceptors (Lipinski definition) is 3. The summed E-state index contributed by atoms with van der Waals surface area (Å²) in [6, 6.07) is 12.1. The summed E-state index contributed by atoms with van der Waals surface area (Å²) in [5.74, 6) is -0.492. The first kappa shape index (κ1) is 15.6. The second kappa shape index (κ2) is 6.31. The number of benzene rings is 2. The standard InChI is InChI=1S/C16H10F3NO2/c17-16(18,19)13-5-3-12(4-6-13)15(21)22-14-7-1-11(2-8-14)9-10-20/h1-8H,9H2. The average Bonchev–Trinajstić information content (AvgIpc) is 2.49. The fourth-order valence-corrected chi connectivity index (χ4v) is 1.73. The van der Waals surface area contributed by atoms with Crippen LogP contribution in [-0.2, 0) is 12.6 Å². The van der Waals surface area contributed by atoms with Crippen LogP contribution in [0.3, 0.4) is 0 Å². The first-order valence-corrected chi connectivity index (χ1v) is 6.25. The van der Waals surface area contributed by atoms with Gasteiger partial charge in [0, 0.05) is 0 Å². The van der Waals surface area contributed by atoms with Crippen molar-refractivity contribution in [2.75, 3.05) is 0 Å². The molecule has 2 aromatic carbocycles. The zero-order valence-electron chi connectivity index (χ0n) is 11.2. The molecule has 6 heteroatoms. The highest BCUT2D eigenvalue weighted by Gasteiger charge is 2.30. The SMILES string of the molecule is N#CCc1ccc(OC(=O)c2ccc(C(F)(F)F)cc2)cc1. The van der Waals surface area contributed by atoms with Crippen molar-refractivity contribution in [2.45, 2.75) is 12.6 Å². The molecular weight excluding hydrogens is 295 g/mol. The summed E-state index contributed by atoms with van der Waals surface area (Å²) in [7, 11) is 0. The van der Waals surface area contributed by atoms with Crippen molar-refractivity contribution >= 4 is 5.97 Å². The van der Waals surface area contributed by atoms with Gasteiger partial charge in [0.25, 0.3) is 0 Å². The van der Waals surface area contributed by atoms with Gasteiger partial charge in [0.15, 0.2) is 0 Å². The molecule has 112 valence electrons. The molecule has 2 aromatic rings. The van der Waals surface area contributed by atoms with Crippen molar-refractivity contribution in [3.05, 3.63) is 65.2 Å². The number of rotatable bonds is 3. The molecule has 0 aliphatic rings. The maximum atomic E-state index is 12.4. The average molecular weight is 305 g/mol. The number of carbonyl (C=O) groups is 1. The second-order valence-electron chi connectivity index (χ2n) is 4.44. The topological polar surface area (TPSA) is 50.1 Å². The van der Waals surface area contributed by atoms with Gasteiger partial charge in [-0.05, 0) is 42.0 Å². The largest absolute Gasteiger partial charge is 0.423 e. The number of alkyl halides is 3. The molecular formula is C16H10F3NO2. The first-order chi connectivity index (χ1) is 10.4. The molecule has 22 heavy (non-hydrogen) atoms. The number of nitrogens with zero attached hydrogens (tertiary/aromatic N) is 1. The molecule has 3 nitrogen and oxygen atoms in total. The van der Waals surface area contributed by atoms with E-state index in [0.717, 1.165) is 29.8 Å². The van der Waals surface area contributed by atoms with E-state index in [4.69, 9.17) is 10.00 Å². The molecule has 0 radical (unpaired) electrons. The lowest BCUT2D eigenvalue weighted by atomic mass is 10.1. The van der Waals surface area contributed by atoms with E-state index in [1.165, 1.54) is 12.1 Å². The molecule has 0 atom stereocenters. The smallest absolute Gasteiger partial charge is 0.416 e. The predicted molar refractivity (Wildman–Crippen MR) is 72.2 cm³/mol. The van der Waals surface area contributed by atoms with Crippen LogP contribution in [0.4, 0.5) is 13.2 Å². The zero-order valence-corrected chi connectivity index (χ0v) is 11.2. The van der Waals surface area contributed by atoms with Gasteiger partial charge < -0.3 is 4.74 Å². The molecule has 0 saturated carbocycles. The van der Waals surface area contributed by atoms with Crippen LogP contribution in [-0.4, -0.2) is 5.97 Å². The molecule has 0 saturated heterocycles. The van der Waals surface area contributed by atoms with Crippen LogP contribution in [0.15, 0.2) is 48.5 Å². The van der Waals surface area contributed by atoms with Crippen molar-refractivity contribution in [2.24, 2.45) is 0 Å². The molecule has 0 bridgehead atoms. The number of esters is 1. The highest BCUT2D eigenvalue weighted by molar-refractivity contribution is 5.91. The summed E-state index contributed by atoms with van der Waals surface area (Å²) >= 11 is 0. The van der Waals surface area contributed by atoms with Crippen molar-refractivity contribution in [3.63, 3.8) is 0 Å². The molecule has 0 aromatic heterocycles. The third kappa shape index (κ3) is 3.85. The van der Waals surface area contributed by atoms with E-state index < -0.39 is 17.7 Å². The van der Waals surface area contributed by atoms with Crippen molar-refractivity contribution in [1.29, 1.82) is 5.26 Å². The van der Waals surface area contributed by atoms with Gasteiger partial charge in [-0.15, -0.1) is 0 Å². The summed E-state index contributed by atoms with van der Waals surface area (Å²) in [6.07, 6.45) is -4.20. The Kier molecular flexibility index (Phi) is 4.47. The Hall–Kier alpha value is -2.81. The van der Waals surface area contributed by atoms with E-state index in [0.29, 0.717) is 0 Å². The third-order valence-corrected chi connectivity index (χ3v) is 2.87. The van der Waals surface area contributed by atoms with Crippen LogP contribution in [0.25, 0.3) is 0 Å². The summed E-state index contributed by atoms with van der Waals surface area (Å²) in [4.78, 5) is 11.8. The summed E-state index contributed by atoms with van der Waals surface area (Å²) < 4.78 is 42.3. The van der Waals surface area contributed by atoms with Crippen LogP contribution >= 0.6 is 0 Å². The monoisotopic (exact) mass is 305 g/mol. The minimum atomic E-state index is -4.45. The number of ether oxygens (including phenoxy) is 1. The lowest BCUT2D eigenvalue weighted by Crippen LogP contribution is -2.10. The quantitative estimate of drug-likeness (QED) is 0.636. The Morgan fingerprint density at radius 1 is 1.05 bits per heavy atom. The van der Waals surface area contributed by atoms with E-state index >= 15 is 0 Å². The van der Waals surface area contributed by atoms with Gasteiger partial charge >= 0.3 is 12.1 Å². The highest BCUT2D eigenvalue weighted by Crippen LogP contribution is 2.29. The molecule has 0 heterocycles. The molecule has 2 rings (SSSR count). The normalized spacial score (nSPS) is 10.8. The van der Waals surface area contributed by atoms with Gasteiger partial charge in [0.1, 0.15) is 5.75 Å². The highest BCUT2D eigenvalue weighted by atomic mass is 19.4. The Bertz CT molecular complexity index is 698. The maximum absolute atomic E-state index is 12.4. The lowest BCUT2D eigenvalue weighted by molar-refractivity contribution is -0.137. The number of halogens is 3. The van der Waals surface area contributed by atoms with Crippen LogP contribution in [0.2, 0.25) is 0 Å². The molecule has 0 unspecified atom stereocenters. The van der Waals surface area contributed by atoms with E-state index in [1.807, 2.05) is 6.07 Å².